The maximum atomic E-state index is 6.21. The molecule has 0 N–H and O–H groups in total. The minimum atomic E-state index is 0.243. The molecule has 0 fully saturated rings. The van der Waals surface area contributed by atoms with E-state index in [1.54, 1.807) is 0 Å². The number of benzene rings is 3. The molecule has 0 saturated carbocycles. The molecule has 160 valence electrons. The van der Waals surface area contributed by atoms with Crippen LogP contribution in [0.3, 0.4) is 0 Å². The molecule has 5 aromatic rings. The summed E-state index contributed by atoms with van der Waals surface area (Å²) in [7, 11) is 0. The van der Waals surface area contributed by atoms with Gasteiger partial charge in [-0.1, -0.05) is 83.5 Å². The maximum Gasteiger partial charge on any atom is 0.164 e. The van der Waals surface area contributed by atoms with Crippen LogP contribution < -0.4 is 10.6 Å². The van der Waals surface area contributed by atoms with Crippen molar-refractivity contribution in [3.05, 3.63) is 99.8 Å². The van der Waals surface area contributed by atoms with Crippen LogP contribution in [-0.4, -0.2) is 15.0 Å². The fourth-order valence-electron chi connectivity index (χ4n) is 4.42. The number of hydrogen-bond donors (Lipinski definition) is 0. The van der Waals surface area contributed by atoms with Crippen LogP contribution in [0.5, 0.6) is 0 Å². The van der Waals surface area contributed by atoms with Gasteiger partial charge in [0, 0.05) is 31.8 Å². The SMILES string of the molecule is CC1CC=c2oc3ccc(Br)cc3c2=C1c1nc(-c2ccccc2)nc(-c2ccccc2)n1. The lowest BCUT2D eigenvalue weighted by Crippen LogP contribution is -2.31. The first-order chi connectivity index (χ1) is 16.2. The van der Waals surface area contributed by atoms with E-state index in [0.717, 1.165) is 49.2 Å². The Hall–Kier alpha value is -3.57. The zero-order chi connectivity index (χ0) is 22.4. The minimum Gasteiger partial charge on any atom is -0.456 e. The van der Waals surface area contributed by atoms with Gasteiger partial charge in [-0.25, -0.2) is 15.0 Å². The third-order valence-corrected chi connectivity index (χ3v) is 6.53. The van der Waals surface area contributed by atoms with Gasteiger partial charge in [0.1, 0.15) is 11.0 Å². The summed E-state index contributed by atoms with van der Waals surface area (Å²) >= 11 is 3.62. The van der Waals surface area contributed by atoms with Crippen molar-refractivity contribution in [3.63, 3.8) is 0 Å². The van der Waals surface area contributed by atoms with Gasteiger partial charge in [-0.15, -0.1) is 0 Å². The zero-order valence-corrected chi connectivity index (χ0v) is 19.6. The Morgan fingerprint density at radius 3 is 2.03 bits per heavy atom. The summed E-state index contributed by atoms with van der Waals surface area (Å²) in [6.45, 7) is 2.22. The Bertz CT molecular complexity index is 1550. The molecule has 0 saturated heterocycles. The lowest BCUT2D eigenvalue weighted by molar-refractivity contribution is 0.565. The molecular formula is C28H20BrN3O. The van der Waals surface area contributed by atoms with E-state index in [2.05, 4.69) is 35.0 Å². The number of halogens is 1. The first kappa shape index (κ1) is 20.1. The van der Waals surface area contributed by atoms with E-state index in [1.165, 1.54) is 0 Å². The molecule has 33 heavy (non-hydrogen) atoms. The Kier molecular flexibility index (Phi) is 4.92. The molecular weight excluding hydrogens is 474 g/mol. The van der Waals surface area contributed by atoms with E-state index in [9.17, 15) is 0 Å². The third kappa shape index (κ3) is 3.58. The second-order valence-electron chi connectivity index (χ2n) is 8.27. The van der Waals surface area contributed by atoms with E-state index in [0.29, 0.717) is 17.5 Å². The Morgan fingerprint density at radius 2 is 1.39 bits per heavy atom. The summed E-state index contributed by atoms with van der Waals surface area (Å²) in [5, 5.41) is 2.15. The predicted molar refractivity (Wildman–Crippen MR) is 135 cm³/mol. The lowest BCUT2D eigenvalue weighted by Gasteiger charge is -2.17. The molecule has 0 aliphatic heterocycles. The van der Waals surface area contributed by atoms with Crippen LogP contribution in [0.25, 0.3) is 45.4 Å². The van der Waals surface area contributed by atoms with Gasteiger partial charge in [0.05, 0.1) is 0 Å². The maximum absolute atomic E-state index is 6.21. The van der Waals surface area contributed by atoms with Gasteiger partial charge >= 0.3 is 0 Å². The molecule has 0 bridgehead atoms. The van der Waals surface area contributed by atoms with Crippen LogP contribution in [0, 0.1) is 5.92 Å². The highest BCUT2D eigenvalue weighted by Gasteiger charge is 2.23. The van der Waals surface area contributed by atoms with Gasteiger partial charge in [-0.05, 0) is 36.6 Å². The molecule has 3 aromatic carbocycles. The number of hydrogen-bond acceptors (Lipinski definition) is 4. The van der Waals surface area contributed by atoms with Crippen LogP contribution in [0.1, 0.15) is 19.2 Å². The third-order valence-electron chi connectivity index (χ3n) is 6.04. The minimum absolute atomic E-state index is 0.243. The molecule has 5 heteroatoms. The summed E-state index contributed by atoms with van der Waals surface area (Å²) in [5.41, 5.74) is 4.79. The number of aromatic nitrogens is 3. The van der Waals surface area contributed by atoms with Gasteiger partial charge in [-0.3, -0.25) is 0 Å². The molecule has 1 aliphatic rings. The van der Waals surface area contributed by atoms with Crippen molar-refractivity contribution in [2.45, 2.75) is 13.3 Å². The summed E-state index contributed by atoms with van der Waals surface area (Å²) < 4.78 is 7.22. The summed E-state index contributed by atoms with van der Waals surface area (Å²) in [4.78, 5) is 14.8. The van der Waals surface area contributed by atoms with Crippen molar-refractivity contribution >= 4 is 38.5 Å². The fourth-order valence-corrected chi connectivity index (χ4v) is 4.78. The molecule has 0 radical (unpaired) electrons. The molecule has 1 atom stereocenters. The van der Waals surface area contributed by atoms with Gasteiger partial charge in [0.2, 0.25) is 0 Å². The van der Waals surface area contributed by atoms with E-state index in [-0.39, 0.29) is 5.92 Å². The van der Waals surface area contributed by atoms with Crippen molar-refractivity contribution in [3.8, 4) is 22.8 Å². The molecule has 1 aliphatic carbocycles. The lowest BCUT2D eigenvalue weighted by atomic mass is 9.90. The van der Waals surface area contributed by atoms with Crippen LogP contribution >= 0.6 is 15.9 Å². The molecule has 1 unspecified atom stereocenters. The van der Waals surface area contributed by atoms with Crippen LogP contribution in [0.4, 0.5) is 0 Å². The van der Waals surface area contributed by atoms with Crippen LogP contribution in [0.15, 0.2) is 87.8 Å². The topological polar surface area (TPSA) is 51.8 Å². The number of fused-ring (bicyclic) bond motifs is 3. The van der Waals surface area contributed by atoms with E-state index in [1.807, 2.05) is 72.8 Å². The highest BCUT2D eigenvalue weighted by Crippen LogP contribution is 2.28. The smallest absolute Gasteiger partial charge is 0.164 e. The van der Waals surface area contributed by atoms with Crippen molar-refractivity contribution in [1.82, 2.24) is 15.0 Å². The Labute approximate surface area is 199 Å². The number of nitrogens with zero attached hydrogens (tertiary/aromatic N) is 3. The first-order valence-electron chi connectivity index (χ1n) is 11.0. The van der Waals surface area contributed by atoms with Crippen LogP contribution in [-0.2, 0) is 0 Å². The quantitative estimate of drug-likeness (QED) is 0.321. The van der Waals surface area contributed by atoms with Gasteiger partial charge in [-0.2, -0.15) is 0 Å². The number of rotatable bonds is 3. The second kappa shape index (κ2) is 8.09. The molecule has 0 spiro atoms. The largest absolute Gasteiger partial charge is 0.456 e. The fraction of sp³-hybridized carbons (Fsp3) is 0.107. The number of furan rings is 1. The van der Waals surface area contributed by atoms with Crippen molar-refractivity contribution in [2.75, 3.05) is 0 Å². The monoisotopic (exact) mass is 493 g/mol. The standard InChI is InChI=1S/C28H20BrN3O/c1-17-12-14-23-25(21-16-20(29)13-15-22(21)33-23)24(17)28-31-26(18-8-4-2-5-9-18)30-27(32-28)19-10-6-3-7-11-19/h2-11,13-17H,12H2,1H3. The van der Waals surface area contributed by atoms with Gasteiger partial charge < -0.3 is 4.42 Å². The highest BCUT2D eigenvalue weighted by molar-refractivity contribution is 9.10. The van der Waals surface area contributed by atoms with E-state index in [4.69, 9.17) is 19.4 Å². The normalized spacial score (nSPS) is 15.3. The summed E-state index contributed by atoms with van der Waals surface area (Å²) in [6, 6.07) is 26.3. The second-order valence-corrected chi connectivity index (χ2v) is 9.19. The van der Waals surface area contributed by atoms with Gasteiger partial charge in [0.15, 0.2) is 17.5 Å². The predicted octanol–water partition coefficient (Wildman–Crippen LogP) is 5.73. The van der Waals surface area contributed by atoms with E-state index < -0.39 is 0 Å². The molecule has 2 aromatic heterocycles. The van der Waals surface area contributed by atoms with E-state index >= 15 is 0 Å². The average Bonchev–Trinajstić information content (AvgIpc) is 3.22. The molecule has 6 rings (SSSR count). The first-order valence-corrected chi connectivity index (χ1v) is 11.8. The average molecular weight is 494 g/mol. The Balaban J connectivity index is 1.70. The zero-order valence-electron chi connectivity index (χ0n) is 18.0. The highest BCUT2D eigenvalue weighted by atomic mass is 79.9. The van der Waals surface area contributed by atoms with Crippen molar-refractivity contribution < 1.29 is 4.42 Å². The Morgan fingerprint density at radius 1 is 0.788 bits per heavy atom. The molecule has 0 amide bonds. The van der Waals surface area contributed by atoms with Gasteiger partial charge in [0.25, 0.3) is 0 Å². The summed E-state index contributed by atoms with van der Waals surface area (Å²) in [6.07, 6.45) is 3.05. The molecule has 2 heterocycles. The summed E-state index contributed by atoms with van der Waals surface area (Å²) in [5.74, 6) is 2.28. The van der Waals surface area contributed by atoms with Crippen LogP contribution in [0.2, 0.25) is 0 Å². The van der Waals surface area contributed by atoms with Crippen molar-refractivity contribution in [1.29, 1.82) is 0 Å². The molecule has 4 nitrogen and oxygen atoms in total. The van der Waals surface area contributed by atoms with Crippen molar-refractivity contribution in [2.24, 2.45) is 5.92 Å².